The van der Waals surface area contributed by atoms with E-state index in [9.17, 15) is 0 Å². The van der Waals surface area contributed by atoms with Crippen LogP contribution in [0.25, 0.3) is 0 Å². The van der Waals surface area contributed by atoms with Gasteiger partial charge in [0.25, 0.3) is 0 Å². The molecule has 0 aliphatic rings. The van der Waals surface area contributed by atoms with Crippen molar-refractivity contribution < 1.29 is 0 Å². The average molecular weight is 299 g/mol. The maximum Gasteiger partial charge on any atom is 0.164 e. The molecule has 0 unspecified atom stereocenters. The zero-order valence-electron chi connectivity index (χ0n) is 10.7. The van der Waals surface area contributed by atoms with E-state index in [1.807, 2.05) is 12.1 Å². The van der Waals surface area contributed by atoms with E-state index in [1.54, 1.807) is 17.1 Å². The minimum atomic E-state index is 0.594. The van der Waals surface area contributed by atoms with E-state index < -0.39 is 0 Å². The number of rotatable bonds is 6. The fraction of sp³-hybridized carbons (Fsp3) is 0.385. The Bertz CT molecular complexity index is 539. The van der Waals surface area contributed by atoms with Crippen molar-refractivity contribution in [1.82, 2.24) is 20.1 Å². The Hall–Kier alpha value is -1.10. The van der Waals surface area contributed by atoms with E-state index in [2.05, 4.69) is 22.3 Å². The molecule has 2 rings (SSSR count). The van der Waals surface area contributed by atoms with Crippen LogP contribution in [-0.4, -0.2) is 21.3 Å². The summed E-state index contributed by atoms with van der Waals surface area (Å²) in [7, 11) is 0. The van der Waals surface area contributed by atoms with E-state index in [0.29, 0.717) is 23.1 Å². The van der Waals surface area contributed by atoms with Gasteiger partial charge < -0.3 is 5.32 Å². The minimum Gasteiger partial charge on any atom is -0.310 e. The van der Waals surface area contributed by atoms with Gasteiger partial charge in [0.05, 0.1) is 13.1 Å². The van der Waals surface area contributed by atoms with Crippen LogP contribution in [0.1, 0.15) is 24.7 Å². The molecule has 0 radical (unpaired) electrons. The first-order valence-electron chi connectivity index (χ1n) is 6.22. The van der Waals surface area contributed by atoms with Crippen molar-refractivity contribution in [3.8, 4) is 0 Å². The quantitative estimate of drug-likeness (QED) is 0.833. The molecule has 0 fully saturated rings. The molecule has 0 saturated heterocycles. The van der Waals surface area contributed by atoms with Crippen molar-refractivity contribution in [2.75, 3.05) is 6.54 Å². The molecule has 0 aliphatic carbocycles. The number of nitrogens with one attached hydrogen (secondary N) is 1. The first-order valence-corrected chi connectivity index (χ1v) is 6.97. The molecule has 102 valence electrons. The molecule has 0 saturated carbocycles. The smallest absolute Gasteiger partial charge is 0.164 e. The van der Waals surface area contributed by atoms with Crippen molar-refractivity contribution in [1.29, 1.82) is 0 Å². The van der Waals surface area contributed by atoms with Gasteiger partial charge in [-0.05, 0) is 30.7 Å². The van der Waals surface area contributed by atoms with Crippen LogP contribution in [0.15, 0.2) is 24.5 Å². The molecule has 0 spiro atoms. The van der Waals surface area contributed by atoms with Gasteiger partial charge in [-0.15, -0.1) is 0 Å². The summed E-state index contributed by atoms with van der Waals surface area (Å²) in [4.78, 5) is 4.25. The molecule has 0 aliphatic heterocycles. The van der Waals surface area contributed by atoms with E-state index in [1.165, 1.54) is 0 Å². The summed E-state index contributed by atoms with van der Waals surface area (Å²) in [5.74, 6) is 0.790. The maximum atomic E-state index is 6.13. The number of aromatic nitrogens is 3. The van der Waals surface area contributed by atoms with Crippen LogP contribution < -0.4 is 5.32 Å². The van der Waals surface area contributed by atoms with Gasteiger partial charge in [0.15, 0.2) is 5.82 Å². The number of halogens is 2. The second-order valence-corrected chi connectivity index (χ2v) is 5.11. The lowest BCUT2D eigenvalue weighted by molar-refractivity contribution is 0.625. The highest BCUT2D eigenvalue weighted by Crippen LogP contribution is 2.21. The van der Waals surface area contributed by atoms with Crippen LogP contribution in [0, 0.1) is 0 Å². The molecule has 19 heavy (non-hydrogen) atoms. The van der Waals surface area contributed by atoms with E-state index in [-0.39, 0.29) is 0 Å². The molecular weight excluding hydrogens is 283 g/mol. The number of hydrogen-bond donors (Lipinski definition) is 1. The third-order valence-corrected chi connectivity index (χ3v) is 3.23. The van der Waals surface area contributed by atoms with Gasteiger partial charge in [0.1, 0.15) is 6.33 Å². The van der Waals surface area contributed by atoms with Gasteiger partial charge >= 0.3 is 0 Å². The van der Waals surface area contributed by atoms with E-state index in [0.717, 1.165) is 24.4 Å². The van der Waals surface area contributed by atoms with Gasteiger partial charge in [0, 0.05) is 10.0 Å². The second kappa shape index (κ2) is 6.89. The molecule has 0 bridgehead atoms. The summed E-state index contributed by atoms with van der Waals surface area (Å²) in [6, 6.07) is 5.46. The van der Waals surface area contributed by atoms with Crippen LogP contribution in [0.3, 0.4) is 0 Å². The summed E-state index contributed by atoms with van der Waals surface area (Å²) in [6.07, 6.45) is 2.81. The normalized spacial score (nSPS) is 10.9. The highest BCUT2D eigenvalue weighted by atomic mass is 35.5. The van der Waals surface area contributed by atoms with Crippen molar-refractivity contribution in [2.45, 2.75) is 26.4 Å². The lowest BCUT2D eigenvalue weighted by Gasteiger charge is -2.04. The molecule has 4 nitrogen and oxygen atoms in total. The van der Waals surface area contributed by atoms with Crippen LogP contribution in [-0.2, 0) is 13.1 Å². The van der Waals surface area contributed by atoms with E-state index >= 15 is 0 Å². The molecule has 0 atom stereocenters. The highest BCUT2D eigenvalue weighted by molar-refractivity contribution is 6.35. The number of nitrogens with zero attached hydrogens (tertiary/aromatic N) is 3. The summed E-state index contributed by atoms with van der Waals surface area (Å²) in [6.45, 7) is 4.38. The molecule has 1 heterocycles. The second-order valence-electron chi connectivity index (χ2n) is 4.27. The third kappa shape index (κ3) is 4.20. The van der Waals surface area contributed by atoms with Gasteiger partial charge in [0.2, 0.25) is 0 Å². The first-order chi connectivity index (χ1) is 9.19. The van der Waals surface area contributed by atoms with Gasteiger partial charge in [-0.2, -0.15) is 5.10 Å². The largest absolute Gasteiger partial charge is 0.310 e. The van der Waals surface area contributed by atoms with Crippen LogP contribution >= 0.6 is 23.2 Å². The van der Waals surface area contributed by atoms with Crippen molar-refractivity contribution >= 4 is 23.2 Å². The van der Waals surface area contributed by atoms with Gasteiger partial charge in [-0.3, -0.25) is 0 Å². The van der Waals surface area contributed by atoms with Crippen molar-refractivity contribution in [3.63, 3.8) is 0 Å². The third-order valence-electron chi connectivity index (χ3n) is 2.64. The zero-order valence-corrected chi connectivity index (χ0v) is 12.2. The van der Waals surface area contributed by atoms with E-state index in [4.69, 9.17) is 23.2 Å². The highest BCUT2D eigenvalue weighted by Gasteiger charge is 2.05. The molecule has 1 aromatic carbocycles. The molecule has 2 aromatic rings. The van der Waals surface area contributed by atoms with Gasteiger partial charge in [-0.1, -0.05) is 36.2 Å². The van der Waals surface area contributed by atoms with Crippen molar-refractivity contribution in [3.05, 3.63) is 46.0 Å². The number of benzene rings is 1. The summed E-state index contributed by atoms with van der Waals surface area (Å²) in [5.41, 5.74) is 0.976. The predicted molar refractivity (Wildman–Crippen MR) is 77.6 cm³/mol. The Labute approximate surface area is 122 Å². The fourth-order valence-corrected chi connectivity index (χ4v) is 2.16. The predicted octanol–water partition coefficient (Wildman–Crippen LogP) is 3.13. The maximum absolute atomic E-state index is 6.13. The number of hydrogen-bond acceptors (Lipinski definition) is 3. The molecular formula is C13H16Cl2N4. The summed E-state index contributed by atoms with van der Waals surface area (Å²) >= 11 is 12.0. The Kier molecular flexibility index (Phi) is 5.19. The van der Waals surface area contributed by atoms with Gasteiger partial charge in [-0.25, -0.2) is 9.67 Å². The van der Waals surface area contributed by atoms with Crippen LogP contribution in [0.4, 0.5) is 0 Å². The Morgan fingerprint density at radius 2 is 2.16 bits per heavy atom. The Morgan fingerprint density at radius 3 is 2.89 bits per heavy atom. The Morgan fingerprint density at radius 1 is 1.32 bits per heavy atom. The first kappa shape index (κ1) is 14.3. The summed E-state index contributed by atoms with van der Waals surface area (Å²) in [5, 5.41) is 8.94. The summed E-state index contributed by atoms with van der Waals surface area (Å²) < 4.78 is 1.78. The van der Waals surface area contributed by atoms with Crippen molar-refractivity contribution in [2.24, 2.45) is 0 Å². The zero-order chi connectivity index (χ0) is 13.7. The minimum absolute atomic E-state index is 0.594. The fourth-order valence-electron chi connectivity index (χ4n) is 1.69. The molecule has 1 N–H and O–H groups in total. The van der Waals surface area contributed by atoms with Crippen LogP contribution in [0.2, 0.25) is 10.0 Å². The van der Waals surface area contributed by atoms with Crippen LogP contribution in [0.5, 0.6) is 0 Å². The standard InChI is InChI=1S/C13H16Cl2N4/c1-2-5-16-7-13-17-9-19(18-13)8-10-3-4-11(14)6-12(10)15/h3-4,6,9,16H,2,5,7-8H2,1H3. The average Bonchev–Trinajstić information content (AvgIpc) is 2.81. The monoisotopic (exact) mass is 298 g/mol. The lowest BCUT2D eigenvalue weighted by atomic mass is 10.2. The Balaban J connectivity index is 1.99. The SMILES string of the molecule is CCCNCc1ncn(Cc2ccc(Cl)cc2Cl)n1. The molecule has 6 heteroatoms. The topological polar surface area (TPSA) is 42.7 Å². The lowest BCUT2D eigenvalue weighted by Crippen LogP contribution is -2.15. The molecule has 1 aromatic heterocycles. The molecule has 0 amide bonds.